The van der Waals surface area contributed by atoms with E-state index in [1.165, 1.54) is 11.6 Å². The van der Waals surface area contributed by atoms with Gasteiger partial charge >= 0.3 is 21.1 Å². The van der Waals surface area contributed by atoms with E-state index in [2.05, 4.69) is 9.89 Å². The summed E-state index contributed by atoms with van der Waals surface area (Å²) in [4.78, 5) is 6.39. The van der Waals surface area contributed by atoms with Gasteiger partial charge in [-0.05, 0) is 38.2 Å². The first-order chi connectivity index (χ1) is 10.1. The molecule has 0 radical (unpaired) electrons. The van der Waals surface area contributed by atoms with Gasteiger partial charge in [-0.25, -0.2) is 4.39 Å². The average molecular weight is 515 g/mol. The van der Waals surface area contributed by atoms with Crippen molar-refractivity contribution in [1.82, 2.24) is 4.90 Å². The third kappa shape index (κ3) is 6.54. The fraction of sp³-hybridized carbons (Fsp3) is 0.278. The number of hydrogen-bond donors (Lipinski definition) is 0. The van der Waals surface area contributed by atoms with Crippen LogP contribution in [0.3, 0.4) is 0 Å². The molecular formula is C18H21ClFN2Pt+. The van der Waals surface area contributed by atoms with Crippen LogP contribution in [0.1, 0.15) is 11.1 Å². The second-order valence-electron chi connectivity index (χ2n) is 5.41. The number of benzene rings is 2. The van der Waals surface area contributed by atoms with Gasteiger partial charge in [0.1, 0.15) is 5.82 Å². The maximum Gasteiger partial charge on any atom is 2.00 e. The zero-order chi connectivity index (χ0) is 15.2. The third-order valence-corrected chi connectivity index (χ3v) is 3.31. The summed E-state index contributed by atoms with van der Waals surface area (Å²) < 4.78 is 14.1. The molecule has 2 rings (SSSR count). The third-order valence-electron chi connectivity index (χ3n) is 3.31. The Morgan fingerprint density at radius 2 is 1.74 bits per heavy atom. The molecule has 2 aromatic rings. The molecule has 0 N–H and O–H groups in total. The summed E-state index contributed by atoms with van der Waals surface area (Å²) in [5.74, 6) is -0.235. The molecule has 0 spiro atoms. The van der Waals surface area contributed by atoms with E-state index in [1.54, 1.807) is 12.3 Å². The summed E-state index contributed by atoms with van der Waals surface area (Å²) in [5, 5.41) is 0. The Morgan fingerprint density at radius 3 is 2.35 bits per heavy atom. The molecule has 0 aliphatic rings. The molecular weight excluding hydrogens is 494 g/mol. The molecule has 0 bridgehead atoms. The van der Waals surface area contributed by atoms with E-state index in [0.717, 1.165) is 17.7 Å². The SMILES string of the molecule is Cc1ccc(-c2cccc(F)c2C=NCCN(C)C)cc1.[Cl-].[Pt+2]. The minimum Gasteiger partial charge on any atom is -1.00 e. The van der Waals surface area contributed by atoms with Gasteiger partial charge in [-0.2, -0.15) is 0 Å². The van der Waals surface area contributed by atoms with Gasteiger partial charge in [-0.15, -0.1) is 0 Å². The normalized spacial score (nSPS) is 10.5. The van der Waals surface area contributed by atoms with Crippen molar-refractivity contribution in [2.75, 3.05) is 27.2 Å². The Hall–Kier alpha value is -1.02. The Morgan fingerprint density at radius 1 is 1.09 bits per heavy atom. The quantitative estimate of drug-likeness (QED) is 0.539. The van der Waals surface area contributed by atoms with Crippen LogP contribution in [-0.2, 0) is 21.1 Å². The van der Waals surface area contributed by atoms with Crippen LogP contribution in [-0.4, -0.2) is 38.3 Å². The van der Waals surface area contributed by atoms with Gasteiger partial charge in [-0.3, -0.25) is 4.99 Å². The number of aliphatic imine (C=N–C) groups is 1. The van der Waals surface area contributed by atoms with Crippen molar-refractivity contribution in [2.24, 2.45) is 4.99 Å². The van der Waals surface area contributed by atoms with Crippen molar-refractivity contribution in [3.05, 3.63) is 59.4 Å². The molecule has 0 atom stereocenters. The summed E-state index contributed by atoms with van der Waals surface area (Å²) in [6, 6.07) is 13.2. The zero-order valence-corrected chi connectivity index (χ0v) is 16.5. The number of nitrogens with zero attached hydrogens (tertiary/aromatic N) is 2. The van der Waals surface area contributed by atoms with Gasteiger partial charge in [0.2, 0.25) is 0 Å². The van der Waals surface area contributed by atoms with Crippen molar-refractivity contribution in [3.8, 4) is 11.1 Å². The topological polar surface area (TPSA) is 15.6 Å². The number of rotatable bonds is 5. The van der Waals surface area contributed by atoms with E-state index < -0.39 is 0 Å². The molecule has 23 heavy (non-hydrogen) atoms. The van der Waals surface area contributed by atoms with Crippen LogP contribution >= 0.6 is 0 Å². The van der Waals surface area contributed by atoms with E-state index in [4.69, 9.17) is 0 Å². The zero-order valence-electron chi connectivity index (χ0n) is 13.5. The standard InChI is InChI=1S/C18H21FN2.ClH.Pt/c1-14-7-9-15(10-8-14)16-5-4-6-18(19)17(16)13-20-11-12-21(2)3;;/h4-10,13H,11-12H2,1-3H3;1H;/q;;+2/p-1. The molecule has 2 nitrogen and oxygen atoms in total. The van der Waals surface area contributed by atoms with Crippen molar-refractivity contribution in [2.45, 2.75) is 6.92 Å². The Bertz CT molecular complexity index is 627. The van der Waals surface area contributed by atoms with Crippen LogP contribution in [0.25, 0.3) is 11.1 Å². The molecule has 0 heterocycles. The van der Waals surface area contributed by atoms with E-state index in [9.17, 15) is 4.39 Å². The Labute approximate surface area is 158 Å². The summed E-state index contributed by atoms with van der Waals surface area (Å²) in [6.07, 6.45) is 1.65. The van der Waals surface area contributed by atoms with Gasteiger partial charge in [0.15, 0.2) is 0 Å². The van der Waals surface area contributed by atoms with Crippen LogP contribution in [0.15, 0.2) is 47.5 Å². The van der Waals surface area contributed by atoms with Gasteiger partial charge in [-0.1, -0.05) is 42.0 Å². The summed E-state index contributed by atoms with van der Waals surface area (Å²) in [7, 11) is 3.99. The molecule has 0 saturated carbocycles. The predicted octanol–water partition coefficient (Wildman–Crippen LogP) is 0.783. The van der Waals surface area contributed by atoms with Gasteiger partial charge in [0.25, 0.3) is 0 Å². The van der Waals surface area contributed by atoms with E-state index in [0.29, 0.717) is 12.1 Å². The number of likely N-dealkylation sites (N-methyl/N-ethyl adjacent to an activating group) is 1. The maximum atomic E-state index is 14.1. The number of halogens is 2. The maximum absolute atomic E-state index is 14.1. The largest absolute Gasteiger partial charge is 2.00 e. The van der Waals surface area contributed by atoms with Crippen molar-refractivity contribution in [1.29, 1.82) is 0 Å². The molecule has 0 aromatic heterocycles. The molecule has 0 aliphatic carbocycles. The smallest absolute Gasteiger partial charge is 1.00 e. The second kappa shape index (κ2) is 10.7. The first kappa shape index (κ1) is 22.0. The predicted molar refractivity (Wildman–Crippen MR) is 87.6 cm³/mol. The van der Waals surface area contributed by atoms with Gasteiger partial charge in [0.05, 0.1) is 6.54 Å². The molecule has 0 amide bonds. The fourth-order valence-electron chi connectivity index (χ4n) is 2.07. The van der Waals surface area contributed by atoms with E-state index >= 15 is 0 Å². The number of aryl methyl sites for hydroxylation is 1. The number of hydrogen-bond acceptors (Lipinski definition) is 2. The average Bonchev–Trinajstić information content (AvgIpc) is 2.45. The minimum atomic E-state index is -0.235. The molecule has 126 valence electrons. The minimum absolute atomic E-state index is 0. The fourth-order valence-corrected chi connectivity index (χ4v) is 2.07. The molecule has 0 saturated heterocycles. The van der Waals surface area contributed by atoms with Crippen molar-refractivity contribution < 1.29 is 37.9 Å². The van der Waals surface area contributed by atoms with Crippen LogP contribution in [0.4, 0.5) is 4.39 Å². The van der Waals surface area contributed by atoms with E-state index in [1.807, 2.05) is 51.4 Å². The summed E-state index contributed by atoms with van der Waals surface area (Å²) in [5.41, 5.74) is 3.63. The summed E-state index contributed by atoms with van der Waals surface area (Å²) in [6.45, 7) is 3.55. The Balaban J connectivity index is 0.00000242. The van der Waals surface area contributed by atoms with Crippen molar-refractivity contribution in [3.63, 3.8) is 0 Å². The summed E-state index contributed by atoms with van der Waals surface area (Å²) >= 11 is 0. The van der Waals surface area contributed by atoms with Gasteiger partial charge < -0.3 is 17.3 Å². The van der Waals surface area contributed by atoms with Crippen molar-refractivity contribution >= 4 is 6.21 Å². The molecule has 0 unspecified atom stereocenters. The second-order valence-corrected chi connectivity index (χ2v) is 5.41. The first-order valence-corrected chi connectivity index (χ1v) is 7.08. The van der Waals surface area contributed by atoms with E-state index in [-0.39, 0.29) is 39.3 Å². The first-order valence-electron chi connectivity index (χ1n) is 7.08. The van der Waals surface area contributed by atoms with Crippen LogP contribution < -0.4 is 12.4 Å². The molecule has 0 fully saturated rings. The molecule has 0 aliphatic heterocycles. The van der Waals surface area contributed by atoms with Crippen LogP contribution in [0.5, 0.6) is 0 Å². The van der Waals surface area contributed by atoms with Crippen LogP contribution in [0.2, 0.25) is 0 Å². The molecule has 2 aromatic carbocycles. The Kier molecular flexibility index (Phi) is 10.2. The van der Waals surface area contributed by atoms with Crippen LogP contribution in [0, 0.1) is 12.7 Å². The monoisotopic (exact) mass is 514 g/mol. The van der Waals surface area contributed by atoms with Gasteiger partial charge in [0, 0.05) is 18.3 Å². The molecule has 5 heteroatoms.